The first-order valence-corrected chi connectivity index (χ1v) is 12.5. The van der Waals surface area contributed by atoms with Gasteiger partial charge >= 0.3 is 0 Å². The molecule has 30 heavy (non-hydrogen) atoms. The number of piperidine rings is 1. The minimum absolute atomic E-state index is 0.155. The zero-order chi connectivity index (χ0) is 22.9. The molecule has 178 valence electrons. The first kappa shape index (κ1) is 28.9. The van der Waals surface area contributed by atoms with Crippen LogP contribution in [-0.4, -0.2) is 48.9 Å². The number of hydrogen-bond acceptors (Lipinski definition) is 5. The standard InChI is InChI=1S/C18H34N2O2.C5H10O.C2H6/c1-4-9-16(12-15(3)5-2)18-19-21-14-17(22-18)13-20-10-7-6-8-11-20;1-4(2)5(3)6;1-2/h15-17H,4-14H2,1-3H3;4H,1-3H3;1-2H3. The second-order valence-corrected chi connectivity index (χ2v) is 8.83. The Morgan fingerprint density at radius 3 is 2.23 bits per heavy atom. The summed E-state index contributed by atoms with van der Waals surface area (Å²) in [6.45, 7) is 20.2. The van der Waals surface area contributed by atoms with Crippen LogP contribution in [0.25, 0.3) is 0 Å². The Kier molecular flexibility index (Phi) is 16.9. The summed E-state index contributed by atoms with van der Waals surface area (Å²) in [4.78, 5) is 18.2. The Labute approximate surface area is 186 Å². The minimum Gasteiger partial charge on any atom is -0.470 e. The molecule has 3 unspecified atom stereocenters. The summed E-state index contributed by atoms with van der Waals surface area (Å²) in [6.07, 6.45) is 8.85. The summed E-state index contributed by atoms with van der Waals surface area (Å²) in [5.74, 6) is 2.46. The smallest absolute Gasteiger partial charge is 0.229 e. The van der Waals surface area contributed by atoms with Crippen LogP contribution in [0.3, 0.4) is 0 Å². The Hall–Kier alpha value is -1.10. The third-order valence-electron chi connectivity index (χ3n) is 5.80. The van der Waals surface area contributed by atoms with Gasteiger partial charge in [0.2, 0.25) is 5.90 Å². The van der Waals surface area contributed by atoms with Crippen molar-refractivity contribution in [3.05, 3.63) is 0 Å². The summed E-state index contributed by atoms with van der Waals surface area (Å²) in [6, 6.07) is 0. The van der Waals surface area contributed by atoms with Crippen LogP contribution in [0.4, 0.5) is 0 Å². The maximum absolute atomic E-state index is 10.1. The number of hydrogen-bond donors (Lipinski definition) is 0. The molecule has 0 aliphatic carbocycles. The first-order chi connectivity index (χ1) is 14.4. The maximum Gasteiger partial charge on any atom is 0.229 e. The summed E-state index contributed by atoms with van der Waals surface area (Å²) < 4.78 is 6.23. The van der Waals surface area contributed by atoms with Crippen LogP contribution in [0.2, 0.25) is 0 Å². The number of likely N-dealkylation sites (tertiary alicyclic amines) is 1. The lowest BCUT2D eigenvalue weighted by molar-refractivity contribution is -0.119. The lowest BCUT2D eigenvalue weighted by Gasteiger charge is -2.33. The fourth-order valence-corrected chi connectivity index (χ4v) is 3.44. The van der Waals surface area contributed by atoms with Gasteiger partial charge in [0.15, 0.2) is 6.61 Å². The van der Waals surface area contributed by atoms with Gasteiger partial charge in [-0.05, 0) is 51.6 Å². The zero-order valence-corrected chi connectivity index (χ0v) is 21.2. The fourth-order valence-electron chi connectivity index (χ4n) is 3.44. The van der Waals surface area contributed by atoms with Crippen LogP contribution >= 0.6 is 0 Å². The lowest BCUT2D eigenvalue weighted by Crippen LogP contribution is -2.43. The molecule has 2 rings (SSSR count). The molecule has 3 atom stereocenters. The molecule has 1 fully saturated rings. The lowest BCUT2D eigenvalue weighted by atomic mass is 9.90. The Balaban J connectivity index is 0.000000905. The molecule has 0 aromatic rings. The number of ether oxygens (including phenoxy) is 1. The van der Waals surface area contributed by atoms with Crippen molar-refractivity contribution in [1.29, 1.82) is 0 Å². The molecule has 0 aromatic carbocycles. The third-order valence-corrected chi connectivity index (χ3v) is 5.80. The summed E-state index contributed by atoms with van der Waals surface area (Å²) >= 11 is 0. The fraction of sp³-hybridized carbons (Fsp3) is 0.920. The van der Waals surface area contributed by atoms with Gasteiger partial charge in [-0.3, -0.25) is 9.69 Å². The second kappa shape index (κ2) is 17.6. The normalized spacial score (nSPS) is 21.0. The highest BCUT2D eigenvalue weighted by molar-refractivity contribution is 5.78. The van der Waals surface area contributed by atoms with Crippen molar-refractivity contribution in [2.75, 3.05) is 26.2 Å². The van der Waals surface area contributed by atoms with Crippen LogP contribution in [-0.2, 0) is 14.4 Å². The van der Waals surface area contributed by atoms with E-state index in [2.05, 4.69) is 30.8 Å². The van der Waals surface area contributed by atoms with Gasteiger partial charge in [0.25, 0.3) is 0 Å². The minimum atomic E-state index is 0.155. The van der Waals surface area contributed by atoms with Crippen LogP contribution in [0.1, 0.15) is 100 Å². The van der Waals surface area contributed by atoms with Crippen LogP contribution < -0.4 is 0 Å². The van der Waals surface area contributed by atoms with Crippen molar-refractivity contribution in [2.24, 2.45) is 22.9 Å². The molecule has 0 spiro atoms. The highest BCUT2D eigenvalue weighted by Crippen LogP contribution is 2.24. The molecule has 2 heterocycles. The monoisotopic (exact) mass is 426 g/mol. The quantitative estimate of drug-likeness (QED) is 0.433. The van der Waals surface area contributed by atoms with Crippen LogP contribution in [0.15, 0.2) is 5.16 Å². The largest absolute Gasteiger partial charge is 0.470 e. The van der Waals surface area contributed by atoms with E-state index in [9.17, 15) is 4.79 Å². The topological polar surface area (TPSA) is 51.1 Å². The number of oxime groups is 1. The SMILES string of the molecule is CC.CC(=O)C(C)C.CCCC(CC(C)CC)C1=NOCC(CN2CCCCC2)O1. The number of Topliss-reactive ketones (excluding diaryl/α,β-unsaturated/α-hetero) is 1. The van der Waals surface area contributed by atoms with Crippen molar-refractivity contribution in [3.63, 3.8) is 0 Å². The molecule has 0 bridgehead atoms. The number of carbonyl (C=O) groups is 1. The third kappa shape index (κ3) is 12.6. The van der Waals surface area contributed by atoms with Gasteiger partial charge in [0.1, 0.15) is 11.9 Å². The molecule has 2 aliphatic rings. The molecular formula is C25H50N2O3. The predicted octanol–water partition coefficient (Wildman–Crippen LogP) is 6.31. The molecule has 0 aromatic heterocycles. The Morgan fingerprint density at radius 2 is 1.73 bits per heavy atom. The maximum atomic E-state index is 10.1. The average Bonchev–Trinajstić information content (AvgIpc) is 2.76. The molecular weight excluding hydrogens is 376 g/mol. The number of nitrogens with zero attached hydrogens (tertiary/aromatic N) is 2. The molecule has 0 saturated carbocycles. The average molecular weight is 427 g/mol. The van der Waals surface area contributed by atoms with Gasteiger partial charge in [0.05, 0.1) is 0 Å². The molecule has 5 nitrogen and oxygen atoms in total. The van der Waals surface area contributed by atoms with Crippen LogP contribution in [0, 0.1) is 17.8 Å². The van der Waals surface area contributed by atoms with E-state index in [4.69, 9.17) is 9.57 Å². The van der Waals surface area contributed by atoms with E-state index in [-0.39, 0.29) is 17.8 Å². The second-order valence-electron chi connectivity index (χ2n) is 8.83. The van der Waals surface area contributed by atoms with Crippen LogP contribution in [0.5, 0.6) is 0 Å². The van der Waals surface area contributed by atoms with E-state index < -0.39 is 0 Å². The van der Waals surface area contributed by atoms with Gasteiger partial charge < -0.3 is 9.57 Å². The van der Waals surface area contributed by atoms with Gasteiger partial charge in [-0.1, -0.05) is 72.9 Å². The molecule has 0 N–H and O–H groups in total. The number of ketones is 1. The predicted molar refractivity (Wildman–Crippen MR) is 128 cm³/mol. The molecule has 5 heteroatoms. The highest BCUT2D eigenvalue weighted by atomic mass is 16.7. The van der Waals surface area contributed by atoms with E-state index in [1.807, 2.05) is 27.7 Å². The highest BCUT2D eigenvalue weighted by Gasteiger charge is 2.28. The van der Waals surface area contributed by atoms with Gasteiger partial charge in [-0.25, -0.2) is 0 Å². The van der Waals surface area contributed by atoms with Crippen molar-refractivity contribution >= 4 is 11.7 Å². The molecule has 1 saturated heterocycles. The van der Waals surface area contributed by atoms with Gasteiger partial charge in [-0.15, -0.1) is 0 Å². The Morgan fingerprint density at radius 1 is 1.13 bits per heavy atom. The van der Waals surface area contributed by atoms with E-state index in [0.29, 0.717) is 18.4 Å². The van der Waals surface area contributed by atoms with Crippen molar-refractivity contribution in [3.8, 4) is 0 Å². The summed E-state index contributed by atoms with van der Waals surface area (Å²) in [5, 5.41) is 4.25. The molecule has 0 amide bonds. The molecule has 2 aliphatic heterocycles. The molecule has 0 radical (unpaired) electrons. The van der Waals surface area contributed by atoms with Crippen molar-refractivity contribution in [2.45, 2.75) is 106 Å². The van der Waals surface area contributed by atoms with E-state index in [1.165, 1.54) is 45.2 Å². The first-order valence-electron chi connectivity index (χ1n) is 12.5. The number of carbonyl (C=O) groups excluding carboxylic acids is 1. The van der Waals surface area contributed by atoms with E-state index in [1.54, 1.807) is 6.92 Å². The van der Waals surface area contributed by atoms with E-state index in [0.717, 1.165) is 25.3 Å². The van der Waals surface area contributed by atoms with Crippen molar-refractivity contribution in [1.82, 2.24) is 4.90 Å². The van der Waals surface area contributed by atoms with Crippen molar-refractivity contribution < 1.29 is 14.4 Å². The summed E-state index contributed by atoms with van der Waals surface area (Å²) in [5.41, 5.74) is 0. The van der Waals surface area contributed by atoms with Gasteiger partial charge in [0, 0.05) is 18.4 Å². The Bertz CT molecular complexity index is 459. The zero-order valence-electron chi connectivity index (χ0n) is 21.2. The van der Waals surface area contributed by atoms with Gasteiger partial charge in [-0.2, -0.15) is 0 Å². The number of rotatable bonds is 9. The summed E-state index contributed by atoms with van der Waals surface area (Å²) in [7, 11) is 0. The van der Waals surface area contributed by atoms with E-state index >= 15 is 0 Å².